The van der Waals surface area contributed by atoms with Crippen LogP contribution >= 0.6 is 0 Å². The van der Waals surface area contributed by atoms with Crippen LogP contribution in [-0.2, 0) is 11.3 Å². The molecule has 0 saturated heterocycles. The van der Waals surface area contributed by atoms with Crippen molar-refractivity contribution in [3.8, 4) is 5.75 Å². The second-order valence-electron chi connectivity index (χ2n) is 6.89. The largest absolute Gasteiger partial charge is 0.508 e. The topological polar surface area (TPSA) is 70.6 Å². The Balaban J connectivity index is 2.56. The van der Waals surface area contributed by atoms with Crippen LogP contribution in [0.4, 0.5) is 9.18 Å². The van der Waals surface area contributed by atoms with Gasteiger partial charge in [0.1, 0.15) is 17.2 Å². The molecule has 5 nitrogen and oxygen atoms in total. The lowest BCUT2D eigenvalue weighted by Crippen LogP contribution is -2.45. The highest BCUT2D eigenvalue weighted by Crippen LogP contribution is 2.18. The third-order valence-electron chi connectivity index (χ3n) is 3.27. The number of ether oxygens (including phenoxy) is 1. The molecule has 0 heterocycles. The van der Waals surface area contributed by atoms with E-state index in [1.165, 1.54) is 18.2 Å². The fraction of sp³-hybridized carbons (Fsp3) is 0.588. The number of hydrogen-bond acceptors (Lipinski definition) is 4. The van der Waals surface area contributed by atoms with Crippen LogP contribution in [-0.4, -0.2) is 29.4 Å². The number of phenols is 1. The van der Waals surface area contributed by atoms with Crippen molar-refractivity contribution in [2.45, 2.75) is 52.8 Å². The first-order chi connectivity index (χ1) is 10.6. The van der Waals surface area contributed by atoms with E-state index in [0.717, 1.165) is 0 Å². The summed E-state index contributed by atoms with van der Waals surface area (Å²) in [5.74, 6) is -0.116. The molecule has 1 unspecified atom stereocenters. The lowest BCUT2D eigenvalue weighted by Gasteiger charge is -2.25. The number of carbonyl (C=O) groups excluding carboxylic acids is 1. The number of carbonyl (C=O) groups is 1. The van der Waals surface area contributed by atoms with E-state index in [1.54, 1.807) is 20.8 Å². The second-order valence-corrected chi connectivity index (χ2v) is 6.89. The van der Waals surface area contributed by atoms with Gasteiger partial charge in [-0.25, -0.2) is 9.18 Å². The summed E-state index contributed by atoms with van der Waals surface area (Å²) in [5, 5.41) is 15.7. The molecule has 0 aliphatic heterocycles. The molecular weight excluding hydrogens is 299 g/mol. The van der Waals surface area contributed by atoms with Gasteiger partial charge in [0.25, 0.3) is 0 Å². The van der Waals surface area contributed by atoms with Crippen molar-refractivity contribution < 1.29 is 19.0 Å². The zero-order valence-corrected chi connectivity index (χ0v) is 14.4. The molecule has 130 valence electrons. The van der Waals surface area contributed by atoms with Crippen molar-refractivity contribution in [3.05, 3.63) is 29.6 Å². The second kappa shape index (κ2) is 8.15. The number of phenolic OH excluding ortho intramolecular Hbond substituents is 1. The number of halogens is 1. The van der Waals surface area contributed by atoms with Crippen molar-refractivity contribution in [2.75, 3.05) is 6.54 Å². The fourth-order valence-electron chi connectivity index (χ4n) is 1.99. The minimum atomic E-state index is -0.543. The smallest absolute Gasteiger partial charge is 0.407 e. The Morgan fingerprint density at radius 2 is 2.00 bits per heavy atom. The highest BCUT2D eigenvalue weighted by atomic mass is 19.1. The molecule has 0 bridgehead atoms. The maximum absolute atomic E-state index is 13.2. The van der Waals surface area contributed by atoms with Crippen molar-refractivity contribution >= 4 is 6.09 Å². The average molecular weight is 326 g/mol. The zero-order chi connectivity index (χ0) is 17.6. The van der Waals surface area contributed by atoms with E-state index >= 15 is 0 Å². The molecule has 0 fully saturated rings. The molecule has 1 aromatic carbocycles. The molecule has 1 aromatic rings. The number of aromatic hydroxyl groups is 1. The number of rotatable bonds is 6. The van der Waals surface area contributed by atoms with Gasteiger partial charge in [-0.1, -0.05) is 13.8 Å². The molecule has 0 radical (unpaired) electrons. The Labute approximate surface area is 137 Å². The predicted molar refractivity (Wildman–Crippen MR) is 87.8 cm³/mol. The molecule has 1 atom stereocenters. The summed E-state index contributed by atoms with van der Waals surface area (Å²) in [4.78, 5) is 11.7. The van der Waals surface area contributed by atoms with Gasteiger partial charge >= 0.3 is 6.09 Å². The Morgan fingerprint density at radius 1 is 1.35 bits per heavy atom. The van der Waals surface area contributed by atoms with Gasteiger partial charge < -0.3 is 20.5 Å². The summed E-state index contributed by atoms with van der Waals surface area (Å²) in [6.07, 6.45) is -0.474. The molecule has 0 spiro atoms. The van der Waals surface area contributed by atoms with E-state index in [2.05, 4.69) is 10.6 Å². The van der Waals surface area contributed by atoms with E-state index in [4.69, 9.17) is 4.74 Å². The number of amides is 1. The molecule has 3 N–H and O–H groups in total. The van der Waals surface area contributed by atoms with Crippen molar-refractivity contribution in [1.29, 1.82) is 0 Å². The molecule has 0 aliphatic rings. The number of alkyl carbamates (subject to hydrolysis) is 1. The fourth-order valence-corrected chi connectivity index (χ4v) is 1.99. The van der Waals surface area contributed by atoms with Crippen LogP contribution in [0.1, 0.15) is 40.2 Å². The van der Waals surface area contributed by atoms with E-state index in [0.29, 0.717) is 18.7 Å². The number of hydrogen-bond donors (Lipinski definition) is 3. The van der Waals surface area contributed by atoms with Gasteiger partial charge in [-0.15, -0.1) is 0 Å². The first-order valence-electron chi connectivity index (χ1n) is 7.76. The van der Waals surface area contributed by atoms with Gasteiger partial charge in [-0.3, -0.25) is 0 Å². The van der Waals surface area contributed by atoms with Crippen LogP contribution in [0.5, 0.6) is 5.75 Å². The van der Waals surface area contributed by atoms with Crippen LogP contribution in [0.2, 0.25) is 0 Å². The van der Waals surface area contributed by atoms with Crippen LogP contribution in [0.15, 0.2) is 18.2 Å². The Hall–Kier alpha value is -1.82. The van der Waals surface area contributed by atoms with Crippen LogP contribution < -0.4 is 10.6 Å². The van der Waals surface area contributed by atoms with Gasteiger partial charge in [0.15, 0.2) is 0 Å². The normalized spacial score (nSPS) is 13.0. The molecule has 1 rings (SSSR count). The van der Waals surface area contributed by atoms with Gasteiger partial charge in [-0.05, 0) is 44.9 Å². The SMILES string of the molecule is CC(C)C(CNC(=O)OC(C)(C)C)NCc1cc(F)ccc1O. The maximum atomic E-state index is 13.2. The van der Waals surface area contributed by atoms with Crippen LogP contribution in [0, 0.1) is 11.7 Å². The molecule has 0 aliphatic carbocycles. The third kappa shape index (κ3) is 7.32. The lowest BCUT2D eigenvalue weighted by molar-refractivity contribution is 0.0519. The zero-order valence-electron chi connectivity index (χ0n) is 14.4. The van der Waals surface area contributed by atoms with Crippen LogP contribution in [0.3, 0.4) is 0 Å². The molecule has 6 heteroatoms. The quantitative estimate of drug-likeness (QED) is 0.751. The maximum Gasteiger partial charge on any atom is 0.407 e. The summed E-state index contributed by atoms with van der Waals surface area (Å²) < 4.78 is 18.4. The van der Waals surface area contributed by atoms with Gasteiger partial charge in [0, 0.05) is 24.7 Å². The van der Waals surface area contributed by atoms with Gasteiger partial charge in [0.2, 0.25) is 0 Å². The third-order valence-corrected chi connectivity index (χ3v) is 3.27. The average Bonchev–Trinajstić information content (AvgIpc) is 2.40. The summed E-state index contributed by atoms with van der Waals surface area (Å²) in [5.41, 5.74) is -0.0639. The number of benzene rings is 1. The molecule has 23 heavy (non-hydrogen) atoms. The monoisotopic (exact) mass is 326 g/mol. The van der Waals surface area contributed by atoms with Crippen molar-refractivity contribution in [1.82, 2.24) is 10.6 Å². The summed E-state index contributed by atoms with van der Waals surface area (Å²) in [6.45, 7) is 10.1. The highest BCUT2D eigenvalue weighted by molar-refractivity contribution is 5.67. The van der Waals surface area contributed by atoms with Crippen molar-refractivity contribution in [3.63, 3.8) is 0 Å². The van der Waals surface area contributed by atoms with Crippen molar-refractivity contribution in [2.24, 2.45) is 5.92 Å². The number of nitrogens with one attached hydrogen (secondary N) is 2. The van der Waals surface area contributed by atoms with Crippen LogP contribution in [0.25, 0.3) is 0 Å². The highest BCUT2D eigenvalue weighted by Gasteiger charge is 2.19. The minimum absolute atomic E-state index is 0.0369. The lowest BCUT2D eigenvalue weighted by atomic mass is 10.0. The Kier molecular flexibility index (Phi) is 6.81. The van der Waals surface area contributed by atoms with E-state index in [9.17, 15) is 14.3 Å². The first kappa shape index (κ1) is 19.2. The Morgan fingerprint density at radius 3 is 2.57 bits per heavy atom. The Bertz CT molecular complexity index is 527. The van der Waals surface area contributed by atoms with Gasteiger partial charge in [-0.2, -0.15) is 0 Å². The molecule has 1 amide bonds. The van der Waals surface area contributed by atoms with Gasteiger partial charge in [0.05, 0.1) is 0 Å². The molecular formula is C17H27FN2O3. The summed E-state index contributed by atoms with van der Waals surface area (Å²) >= 11 is 0. The minimum Gasteiger partial charge on any atom is -0.508 e. The predicted octanol–water partition coefficient (Wildman–Crippen LogP) is 3.17. The molecule has 0 saturated carbocycles. The summed E-state index contributed by atoms with van der Waals surface area (Å²) in [6, 6.07) is 3.80. The van der Waals surface area contributed by atoms with E-state index in [1.807, 2.05) is 13.8 Å². The van der Waals surface area contributed by atoms with E-state index in [-0.39, 0.29) is 17.7 Å². The first-order valence-corrected chi connectivity index (χ1v) is 7.76. The molecule has 0 aromatic heterocycles. The van der Waals surface area contributed by atoms with E-state index < -0.39 is 17.5 Å². The summed E-state index contributed by atoms with van der Waals surface area (Å²) in [7, 11) is 0. The standard InChI is InChI=1S/C17H27FN2O3/c1-11(2)14(10-20-16(22)23-17(3,4)5)19-9-12-8-13(18)6-7-15(12)21/h6-8,11,14,19,21H,9-10H2,1-5H3,(H,20,22).